The zero-order chi connectivity index (χ0) is 14.0. The van der Waals surface area contributed by atoms with E-state index in [9.17, 15) is 4.79 Å². The normalized spacial score (nSPS) is 17.5. The van der Waals surface area contributed by atoms with Crippen molar-refractivity contribution < 1.29 is 9.90 Å². The van der Waals surface area contributed by atoms with Gasteiger partial charge in [-0.2, -0.15) is 0 Å². The standard InChI is InChI=1S/C16H23NO2/c1-16(2,3)13-8-10-17(11-9-13)14-6-4-12(5-7-14)15(18)19/h4-7,13H,8-11H2,1-3H3,(H,18,19). The summed E-state index contributed by atoms with van der Waals surface area (Å²) in [7, 11) is 0. The summed E-state index contributed by atoms with van der Waals surface area (Å²) in [5, 5.41) is 8.90. The molecule has 1 saturated heterocycles. The van der Waals surface area contributed by atoms with Gasteiger partial charge in [0.05, 0.1) is 5.56 Å². The van der Waals surface area contributed by atoms with E-state index in [4.69, 9.17) is 5.11 Å². The molecule has 19 heavy (non-hydrogen) atoms. The summed E-state index contributed by atoms with van der Waals surface area (Å²) in [4.78, 5) is 13.2. The molecule has 1 aromatic carbocycles. The Balaban J connectivity index is 2.00. The van der Waals surface area contributed by atoms with Crippen LogP contribution < -0.4 is 4.90 Å². The van der Waals surface area contributed by atoms with Gasteiger partial charge in [-0.1, -0.05) is 20.8 Å². The lowest BCUT2D eigenvalue weighted by molar-refractivity contribution is 0.0697. The summed E-state index contributed by atoms with van der Waals surface area (Å²) >= 11 is 0. The van der Waals surface area contributed by atoms with E-state index in [1.54, 1.807) is 12.1 Å². The minimum Gasteiger partial charge on any atom is -0.478 e. The molecule has 1 aromatic rings. The van der Waals surface area contributed by atoms with Gasteiger partial charge in [-0.15, -0.1) is 0 Å². The Morgan fingerprint density at radius 3 is 2.11 bits per heavy atom. The van der Waals surface area contributed by atoms with Crippen molar-refractivity contribution in [1.29, 1.82) is 0 Å². The number of hydrogen-bond acceptors (Lipinski definition) is 2. The Kier molecular flexibility index (Phi) is 3.83. The van der Waals surface area contributed by atoms with Crippen LogP contribution in [0.3, 0.4) is 0 Å². The number of benzene rings is 1. The number of carboxylic acids is 1. The second kappa shape index (κ2) is 5.24. The first-order valence-electron chi connectivity index (χ1n) is 6.96. The second-order valence-electron chi connectivity index (χ2n) is 6.48. The lowest BCUT2D eigenvalue weighted by atomic mass is 9.75. The smallest absolute Gasteiger partial charge is 0.335 e. The Bertz CT molecular complexity index is 437. The summed E-state index contributed by atoms with van der Waals surface area (Å²) in [6.07, 6.45) is 2.42. The fourth-order valence-corrected chi connectivity index (χ4v) is 2.82. The molecule has 0 aromatic heterocycles. The molecule has 0 aliphatic carbocycles. The lowest BCUT2D eigenvalue weighted by Gasteiger charge is -2.39. The number of aromatic carboxylic acids is 1. The fraction of sp³-hybridized carbons (Fsp3) is 0.562. The molecule has 1 fully saturated rings. The number of piperidine rings is 1. The molecule has 0 amide bonds. The molecular weight excluding hydrogens is 238 g/mol. The zero-order valence-corrected chi connectivity index (χ0v) is 12.0. The third-order valence-corrected chi connectivity index (χ3v) is 4.20. The monoisotopic (exact) mass is 261 g/mol. The Labute approximate surface area is 115 Å². The molecule has 0 radical (unpaired) electrons. The molecule has 2 rings (SSSR count). The van der Waals surface area contributed by atoms with Crippen LogP contribution in [0.1, 0.15) is 44.0 Å². The molecule has 1 aliphatic rings. The summed E-state index contributed by atoms with van der Waals surface area (Å²) in [6, 6.07) is 7.21. The zero-order valence-electron chi connectivity index (χ0n) is 12.0. The van der Waals surface area contributed by atoms with Crippen molar-refractivity contribution >= 4 is 11.7 Å². The first-order chi connectivity index (χ1) is 8.88. The van der Waals surface area contributed by atoms with Gasteiger partial charge in [-0.05, 0) is 48.4 Å². The molecule has 3 heteroatoms. The summed E-state index contributed by atoms with van der Waals surface area (Å²) in [5.41, 5.74) is 1.88. The molecule has 1 aliphatic heterocycles. The number of carboxylic acid groups (broad SMARTS) is 1. The molecule has 3 nitrogen and oxygen atoms in total. The molecule has 0 bridgehead atoms. The summed E-state index contributed by atoms with van der Waals surface area (Å²) < 4.78 is 0. The first kappa shape index (κ1) is 13.9. The average Bonchev–Trinajstić information content (AvgIpc) is 2.38. The van der Waals surface area contributed by atoms with E-state index < -0.39 is 5.97 Å². The van der Waals surface area contributed by atoms with E-state index >= 15 is 0 Å². The lowest BCUT2D eigenvalue weighted by Crippen LogP contribution is -2.38. The molecule has 0 saturated carbocycles. The minimum atomic E-state index is -0.863. The predicted octanol–water partition coefficient (Wildman–Crippen LogP) is 3.65. The number of nitrogens with zero attached hydrogens (tertiary/aromatic N) is 1. The van der Waals surface area contributed by atoms with Crippen molar-refractivity contribution in [2.24, 2.45) is 11.3 Å². The van der Waals surface area contributed by atoms with Crippen LogP contribution in [-0.4, -0.2) is 24.2 Å². The van der Waals surface area contributed by atoms with Crippen molar-refractivity contribution in [3.05, 3.63) is 29.8 Å². The van der Waals surface area contributed by atoms with E-state index in [0.717, 1.165) is 24.7 Å². The van der Waals surface area contributed by atoms with Crippen LogP contribution in [0.25, 0.3) is 0 Å². The van der Waals surface area contributed by atoms with Crippen molar-refractivity contribution in [2.45, 2.75) is 33.6 Å². The molecule has 0 unspecified atom stereocenters. The van der Waals surface area contributed by atoms with Crippen LogP contribution in [0.5, 0.6) is 0 Å². The van der Waals surface area contributed by atoms with Gasteiger partial charge in [-0.3, -0.25) is 0 Å². The largest absolute Gasteiger partial charge is 0.478 e. The van der Waals surface area contributed by atoms with Crippen molar-refractivity contribution in [3.63, 3.8) is 0 Å². The molecule has 0 atom stereocenters. The quantitative estimate of drug-likeness (QED) is 0.883. The first-order valence-corrected chi connectivity index (χ1v) is 6.96. The van der Waals surface area contributed by atoms with Gasteiger partial charge in [0.2, 0.25) is 0 Å². The van der Waals surface area contributed by atoms with E-state index in [1.807, 2.05) is 12.1 Å². The second-order valence-corrected chi connectivity index (χ2v) is 6.48. The Morgan fingerprint density at radius 2 is 1.68 bits per heavy atom. The van der Waals surface area contributed by atoms with Gasteiger partial charge in [0, 0.05) is 18.8 Å². The maximum absolute atomic E-state index is 10.8. The van der Waals surface area contributed by atoms with Crippen LogP contribution in [0.4, 0.5) is 5.69 Å². The van der Waals surface area contributed by atoms with E-state index in [1.165, 1.54) is 12.8 Å². The minimum absolute atomic E-state index is 0.355. The van der Waals surface area contributed by atoms with E-state index in [2.05, 4.69) is 25.7 Å². The van der Waals surface area contributed by atoms with Crippen molar-refractivity contribution in [3.8, 4) is 0 Å². The maximum Gasteiger partial charge on any atom is 0.335 e. The van der Waals surface area contributed by atoms with E-state index in [-0.39, 0.29) is 0 Å². The molecule has 1 heterocycles. The molecule has 1 N–H and O–H groups in total. The van der Waals surface area contributed by atoms with Gasteiger partial charge in [0.1, 0.15) is 0 Å². The highest BCUT2D eigenvalue weighted by molar-refractivity contribution is 5.88. The predicted molar refractivity (Wildman–Crippen MR) is 77.8 cm³/mol. The van der Waals surface area contributed by atoms with Crippen LogP contribution in [-0.2, 0) is 0 Å². The highest BCUT2D eigenvalue weighted by Gasteiger charge is 2.28. The highest BCUT2D eigenvalue weighted by atomic mass is 16.4. The van der Waals surface area contributed by atoms with Gasteiger partial charge in [0.25, 0.3) is 0 Å². The van der Waals surface area contributed by atoms with Gasteiger partial charge in [-0.25, -0.2) is 4.79 Å². The highest BCUT2D eigenvalue weighted by Crippen LogP contribution is 2.35. The van der Waals surface area contributed by atoms with Crippen LogP contribution in [0, 0.1) is 11.3 Å². The van der Waals surface area contributed by atoms with E-state index in [0.29, 0.717) is 11.0 Å². The topological polar surface area (TPSA) is 40.5 Å². The molecule has 0 spiro atoms. The average molecular weight is 261 g/mol. The molecule has 104 valence electrons. The molecular formula is C16H23NO2. The van der Waals surface area contributed by atoms with Gasteiger partial charge >= 0.3 is 5.97 Å². The Hall–Kier alpha value is -1.51. The van der Waals surface area contributed by atoms with Crippen molar-refractivity contribution in [2.75, 3.05) is 18.0 Å². The van der Waals surface area contributed by atoms with Crippen molar-refractivity contribution in [1.82, 2.24) is 0 Å². The number of rotatable bonds is 2. The van der Waals surface area contributed by atoms with Crippen LogP contribution in [0.15, 0.2) is 24.3 Å². The van der Waals surface area contributed by atoms with Crippen LogP contribution >= 0.6 is 0 Å². The number of carbonyl (C=O) groups is 1. The Morgan fingerprint density at radius 1 is 1.16 bits per heavy atom. The number of anilines is 1. The SMILES string of the molecule is CC(C)(C)C1CCN(c2ccc(C(=O)O)cc2)CC1. The third-order valence-electron chi connectivity index (χ3n) is 4.20. The summed E-state index contributed by atoms with van der Waals surface area (Å²) in [6.45, 7) is 9.07. The van der Waals surface area contributed by atoms with Crippen LogP contribution in [0.2, 0.25) is 0 Å². The van der Waals surface area contributed by atoms with Gasteiger partial charge < -0.3 is 10.0 Å². The fourth-order valence-electron chi connectivity index (χ4n) is 2.82. The third kappa shape index (κ3) is 3.28. The maximum atomic E-state index is 10.8. The number of hydrogen-bond donors (Lipinski definition) is 1. The summed E-state index contributed by atoms with van der Waals surface area (Å²) in [5.74, 6) is -0.0833. The van der Waals surface area contributed by atoms with Gasteiger partial charge in [0.15, 0.2) is 0 Å².